The third-order valence-corrected chi connectivity index (χ3v) is 5.38. The zero-order valence-corrected chi connectivity index (χ0v) is 11.5. The topological polar surface area (TPSA) is 66.9 Å². The Morgan fingerprint density at radius 1 is 1.33 bits per heavy atom. The largest absolute Gasteiger partial charge is 0.271 e. The smallest absolute Gasteiger partial charge is 0.264 e. The lowest BCUT2D eigenvalue weighted by molar-refractivity contribution is -0.172. The van der Waals surface area contributed by atoms with Crippen molar-refractivity contribution in [3.05, 3.63) is 0 Å². The van der Waals surface area contributed by atoms with E-state index in [1.54, 1.807) is 0 Å². The Labute approximate surface area is 108 Å². The number of hydrogen-bond donors (Lipinski definition) is 0. The molecule has 2 aliphatic heterocycles. The van der Waals surface area contributed by atoms with E-state index in [2.05, 4.69) is 0 Å². The van der Waals surface area contributed by atoms with Crippen LogP contribution in [0.15, 0.2) is 0 Å². The molecule has 1 amide bonds. The summed E-state index contributed by atoms with van der Waals surface area (Å²) in [5, 5.41) is 1.32. The quantitative estimate of drug-likeness (QED) is 0.743. The fraction of sp³-hybridized carbons (Fsp3) is 0.909. The summed E-state index contributed by atoms with van der Waals surface area (Å²) >= 11 is 0. The first-order valence-corrected chi connectivity index (χ1v) is 8.11. The van der Waals surface area contributed by atoms with Gasteiger partial charge in [-0.25, -0.2) is 13.5 Å². The average Bonchev–Trinajstić information content (AvgIpc) is 3.00. The molecular weight excluding hydrogens is 256 g/mol. The van der Waals surface area contributed by atoms with Crippen LogP contribution >= 0.6 is 0 Å². The van der Waals surface area contributed by atoms with Gasteiger partial charge in [0.2, 0.25) is 10.0 Å². The molecule has 0 aromatic carbocycles. The Morgan fingerprint density at radius 2 is 2.11 bits per heavy atom. The van der Waals surface area contributed by atoms with Crippen LogP contribution in [0.1, 0.15) is 32.6 Å². The number of sulfonamides is 1. The number of hydrogen-bond acceptors (Lipinski definition) is 4. The fourth-order valence-corrected chi connectivity index (χ4v) is 4.22. The number of carbonyl (C=O) groups excluding carboxylic acids is 1. The van der Waals surface area contributed by atoms with Crippen LogP contribution in [0.2, 0.25) is 0 Å². The van der Waals surface area contributed by atoms with E-state index in [1.165, 1.54) is 9.37 Å². The monoisotopic (exact) mass is 276 g/mol. The summed E-state index contributed by atoms with van der Waals surface area (Å²) < 4.78 is 25.5. The number of nitrogens with zero attached hydrogens (tertiary/aromatic N) is 2. The Balaban J connectivity index is 2.09. The zero-order chi connectivity index (χ0) is 13.2. The highest BCUT2D eigenvalue weighted by Crippen LogP contribution is 2.24. The molecule has 0 bridgehead atoms. The Morgan fingerprint density at radius 3 is 2.72 bits per heavy atom. The molecule has 0 N–H and O–H groups in total. The first-order chi connectivity index (χ1) is 8.56. The van der Waals surface area contributed by atoms with Gasteiger partial charge >= 0.3 is 0 Å². The van der Waals surface area contributed by atoms with Crippen LogP contribution in [-0.2, 0) is 19.7 Å². The van der Waals surface area contributed by atoms with Gasteiger partial charge in [0.05, 0.1) is 18.9 Å². The molecule has 104 valence electrons. The van der Waals surface area contributed by atoms with Crippen molar-refractivity contribution < 1.29 is 18.0 Å². The summed E-state index contributed by atoms with van der Waals surface area (Å²) in [6, 6.07) is -0.556. The second kappa shape index (κ2) is 5.54. The maximum Gasteiger partial charge on any atom is 0.264 e. The minimum Gasteiger partial charge on any atom is -0.271 e. The van der Waals surface area contributed by atoms with Crippen molar-refractivity contribution in [1.29, 1.82) is 0 Å². The van der Waals surface area contributed by atoms with Crippen molar-refractivity contribution in [3.63, 3.8) is 0 Å². The van der Waals surface area contributed by atoms with E-state index >= 15 is 0 Å². The molecule has 18 heavy (non-hydrogen) atoms. The molecule has 0 radical (unpaired) electrons. The highest BCUT2D eigenvalue weighted by molar-refractivity contribution is 7.89. The van der Waals surface area contributed by atoms with Gasteiger partial charge in [-0.3, -0.25) is 9.63 Å². The van der Waals surface area contributed by atoms with Crippen LogP contribution in [0, 0.1) is 0 Å². The van der Waals surface area contributed by atoms with Crippen molar-refractivity contribution in [1.82, 2.24) is 9.37 Å². The van der Waals surface area contributed by atoms with E-state index in [-0.39, 0.29) is 11.7 Å². The molecule has 2 rings (SSSR count). The SMILES string of the molecule is CCCS(=O)(=O)N1CCCC1C(=O)N1CCCO1. The van der Waals surface area contributed by atoms with Crippen molar-refractivity contribution in [2.45, 2.75) is 38.6 Å². The molecule has 2 fully saturated rings. The molecule has 2 aliphatic rings. The van der Waals surface area contributed by atoms with Gasteiger partial charge in [0, 0.05) is 6.54 Å². The van der Waals surface area contributed by atoms with Gasteiger partial charge in [0.15, 0.2) is 0 Å². The molecule has 0 aliphatic carbocycles. The van der Waals surface area contributed by atoms with Crippen LogP contribution in [0.4, 0.5) is 0 Å². The van der Waals surface area contributed by atoms with Crippen LogP contribution in [0.25, 0.3) is 0 Å². The van der Waals surface area contributed by atoms with Gasteiger partial charge in [-0.05, 0) is 25.7 Å². The number of rotatable bonds is 4. The van der Waals surface area contributed by atoms with Crippen molar-refractivity contribution in [2.75, 3.05) is 25.4 Å². The number of amides is 1. The number of hydroxylamine groups is 2. The zero-order valence-electron chi connectivity index (χ0n) is 10.7. The van der Waals surface area contributed by atoms with Crippen molar-refractivity contribution >= 4 is 15.9 Å². The van der Waals surface area contributed by atoms with Crippen LogP contribution < -0.4 is 0 Å². The van der Waals surface area contributed by atoms with E-state index in [4.69, 9.17) is 4.84 Å². The molecule has 0 aromatic heterocycles. The third-order valence-electron chi connectivity index (χ3n) is 3.31. The van der Waals surface area contributed by atoms with Crippen molar-refractivity contribution in [2.24, 2.45) is 0 Å². The predicted octanol–water partition coefficient (Wildman–Crippen LogP) is 0.354. The van der Waals surface area contributed by atoms with E-state index < -0.39 is 16.1 Å². The van der Waals surface area contributed by atoms with Gasteiger partial charge in [-0.2, -0.15) is 4.31 Å². The molecule has 0 aromatic rings. The second-order valence-corrected chi connectivity index (χ2v) is 6.75. The molecule has 1 atom stereocenters. The molecule has 1 unspecified atom stereocenters. The molecule has 6 nitrogen and oxygen atoms in total. The lowest BCUT2D eigenvalue weighted by atomic mass is 10.2. The van der Waals surface area contributed by atoms with Gasteiger partial charge in [0.25, 0.3) is 5.91 Å². The molecule has 0 saturated carbocycles. The normalized spacial score (nSPS) is 25.8. The first kappa shape index (κ1) is 13.8. The summed E-state index contributed by atoms with van der Waals surface area (Å²) in [6.45, 7) is 3.39. The van der Waals surface area contributed by atoms with E-state index in [9.17, 15) is 13.2 Å². The van der Waals surface area contributed by atoms with Crippen molar-refractivity contribution in [3.8, 4) is 0 Å². The summed E-state index contributed by atoms with van der Waals surface area (Å²) in [7, 11) is -3.30. The van der Waals surface area contributed by atoms with E-state index in [1.807, 2.05) is 6.92 Å². The molecule has 0 spiro atoms. The minimum absolute atomic E-state index is 0.109. The first-order valence-electron chi connectivity index (χ1n) is 6.50. The summed E-state index contributed by atoms with van der Waals surface area (Å²) in [4.78, 5) is 17.4. The van der Waals surface area contributed by atoms with E-state index in [0.29, 0.717) is 32.5 Å². The lowest BCUT2D eigenvalue weighted by Crippen LogP contribution is -2.47. The van der Waals surface area contributed by atoms with Crippen LogP contribution in [0.3, 0.4) is 0 Å². The summed E-state index contributed by atoms with van der Waals surface area (Å²) in [5.41, 5.74) is 0. The summed E-state index contributed by atoms with van der Waals surface area (Å²) in [5.74, 6) is -0.0952. The second-order valence-electron chi connectivity index (χ2n) is 4.71. The maximum absolute atomic E-state index is 12.2. The average molecular weight is 276 g/mol. The number of carbonyl (C=O) groups is 1. The highest BCUT2D eigenvalue weighted by Gasteiger charge is 2.40. The Bertz CT molecular complexity index is 403. The maximum atomic E-state index is 12.2. The van der Waals surface area contributed by atoms with Gasteiger partial charge in [-0.1, -0.05) is 6.92 Å². The Kier molecular flexibility index (Phi) is 4.24. The van der Waals surface area contributed by atoms with Gasteiger partial charge in [-0.15, -0.1) is 0 Å². The third kappa shape index (κ3) is 2.67. The highest BCUT2D eigenvalue weighted by atomic mass is 32.2. The summed E-state index contributed by atoms with van der Waals surface area (Å²) in [6.07, 6.45) is 2.73. The predicted molar refractivity (Wildman–Crippen MR) is 66.1 cm³/mol. The standard InChI is InChI=1S/C11H20N2O4S/c1-2-9-18(15,16)13-7-3-5-10(13)11(14)12-6-4-8-17-12/h10H,2-9H2,1H3. The van der Waals surface area contributed by atoms with E-state index in [0.717, 1.165) is 12.8 Å². The van der Waals surface area contributed by atoms with Crippen LogP contribution in [-0.4, -0.2) is 55.2 Å². The fourth-order valence-electron chi connectivity index (χ4n) is 2.48. The Hall–Kier alpha value is -0.660. The van der Waals surface area contributed by atoms with Gasteiger partial charge < -0.3 is 0 Å². The molecule has 2 heterocycles. The molecular formula is C11H20N2O4S. The van der Waals surface area contributed by atoms with Gasteiger partial charge in [0.1, 0.15) is 6.04 Å². The molecule has 7 heteroatoms. The molecule has 2 saturated heterocycles. The van der Waals surface area contributed by atoms with Crippen LogP contribution in [0.5, 0.6) is 0 Å². The minimum atomic E-state index is -3.30. The lowest BCUT2D eigenvalue weighted by Gasteiger charge is -2.26.